The highest BCUT2D eigenvalue weighted by molar-refractivity contribution is 4.56. The summed E-state index contributed by atoms with van der Waals surface area (Å²) in [6.45, 7) is 9.48. The maximum absolute atomic E-state index is 2.44. The van der Waals surface area contributed by atoms with Crippen LogP contribution in [0.25, 0.3) is 0 Å². The highest BCUT2D eigenvalue weighted by atomic mass is 14.1. The standard InChI is InChI=1S/C20H42/c1-5-7-15-19(3)17-13-11-9-10-12-14-18-20(4)16-8-6-2/h19-20H,5-18H2,1-4H3. The zero-order valence-corrected chi connectivity index (χ0v) is 15.1. The summed E-state index contributed by atoms with van der Waals surface area (Å²) in [5, 5.41) is 0. The molecular weight excluding hydrogens is 240 g/mol. The first-order chi connectivity index (χ1) is 9.70. The molecule has 0 aromatic rings. The van der Waals surface area contributed by atoms with Gasteiger partial charge in [0.1, 0.15) is 0 Å². The highest BCUT2D eigenvalue weighted by Crippen LogP contribution is 2.19. The zero-order chi connectivity index (χ0) is 15.1. The lowest BCUT2D eigenvalue weighted by Gasteiger charge is -2.11. The molecule has 0 fully saturated rings. The van der Waals surface area contributed by atoms with E-state index < -0.39 is 0 Å². The van der Waals surface area contributed by atoms with Crippen LogP contribution < -0.4 is 0 Å². The van der Waals surface area contributed by atoms with Crippen LogP contribution in [0, 0.1) is 11.8 Å². The second-order valence-electron chi connectivity index (χ2n) is 7.19. The van der Waals surface area contributed by atoms with E-state index >= 15 is 0 Å². The fraction of sp³-hybridized carbons (Fsp3) is 1.00. The Labute approximate surface area is 130 Å². The predicted octanol–water partition coefficient (Wildman–Crippen LogP) is 7.76. The molecule has 0 heterocycles. The number of hydrogen-bond donors (Lipinski definition) is 0. The Morgan fingerprint density at radius 3 is 1.10 bits per heavy atom. The van der Waals surface area contributed by atoms with Crippen molar-refractivity contribution in [1.29, 1.82) is 0 Å². The minimum atomic E-state index is 0.967. The fourth-order valence-corrected chi connectivity index (χ4v) is 3.09. The van der Waals surface area contributed by atoms with Gasteiger partial charge in [0.25, 0.3) is 0 Å². The molecule has 0 aromatic carbocycles. The lowest BCUT2D eigenvalue weighted by atomic mass is 9.95. The zero-order valence-electron chi connectivity index (χ0n) is 15.1. The van der Waals surface area contributed by atoms with Crippen molar-refractivity contribution in [1.82, 2.24) is 0 Å². The molecule has 2 atom stereocenters. The van der Waals surface area contributed by atoms with Crippen molar-refractivity contribution in [2.75, 3.05) is 0 Å². The molecule has 0 heteroatoms. The van der Waals surface area contributed by atoms with Crippen molar-refractivity contribution in [2.24, 2.45) is 11.8 Å². The van der Waals surface area contributed by atoms with Gasteiger partial charge in [-0.05, 0) is 11.8 Å². The van der Waals surface area contributed by atoms with Crippen molar-refractivity contribution >= 4 is 0 Å². The molecule has 0 rings (SSSR count). The van der Waals surface area contributed by atoms with E-state index in [1.54, 1.807) is 0 Å². The summed E-state index contributed by atoms with van der Waals surface area (Å²) in [6.07, 6.45) is 20.3. The Morgan fingerprint density at radius 1 is 0.450 bits per heavy atom. The van der Waals surface area contributed by atoms with Crippen molar-refractivity contribution in [3.05, 3.63) is 0 Å². The smallest absolute Gasteiger partial charge is 0.0443 e. The first-order valence-corrected chi connectivity index (χ1v) is 9.70. The second kappa shape index (κ2) is 15.4. The minimum absolute atomic E-state index is 0.967. The third kappa shape index (κ3) is 14.4. The van der Waals surface area contributed by atoms with Gasteiger partial charge < -0.3 is 0 Å². The van der Waals surface area contributed by atoms with Crippen molar-refractivity contribution in [3.8, 4) is 0 Å². The third-order valence-corrected chi connectivity index (χ3v) is 4.74. The van der Waals surface area contributed by atoms with Crippen molar-refractivity contribution < 1.29 is 0 Å². The molecule has 0 radical (unpaired) electrons. The van der Waals surface area contributed by atoms with Gasteiger partial charge in [-0.2, -0.15) is 0 Å². The van der Waals surface area contributed by atoms with E-state index in [2.05, 4.69) is 27.7 Å². The lowest BCUT2D eigenvalue weighted by molar-refractivity contribution is 0.428. The van der Waals surface area contributed by atoms with Crippen LogP contribution in [0.15, 0.2) is 0 Å². The summed E-state index contributed by atoms with van der Waals surface area (Å²) in [5.41, 5.74) is 0. The van der Waals surface area contributed by atoms with Gasteiger partial charge in [-0.1, -0.05) is 118 Å². The molecule has 20 heavy (non-hydrogen) atoms. The van der Waals surface area contributed by atoms with Gasteiger partial charge in [-0.3, -0.25) is 0 Å². The Morgan fingerprint density at radius 2 is 0.750 bits per heavy atom. The Hall–Kier alpha value is 0. The van der Waals surface area contributed by atoms with Crippen LogP contribution in [0.3, 0.4) is 0 Å². The summed E-state index contributed by atoms with van der Waals surface area (Å²) in [6, 6.07) is 0. The van der Waals surface area contributed by atoms with Crippen LogP contribution in [-0.4, -0.2) is 0 Å². The Kier molecular flexibility index (Phi) is 15.4. The van der Waals surface area contributed by atoms with Crippen molar-refractivity contribution in [3.63, 3.8) is 0 Å². The van der Waals surface area contributed by atoms with Crippen LogP contribution in [0.4, 0.5) is 0 Å². The quantitative estimate of drug-likeness (QED) is 0.269. The average Bonchev–Trinajstić information content (AvgIpc) is 2.45. The van der Waals surface area contributed by atoms with E-state index in [1.165, 1.54) is 89.9 Å². The number of unbranched alkanes of at least 4 members (excludes halogenated alkanes) is 7. The average molecular weight is 283 g/mol. The van der Waals surface area contributed by atoms with E-state index in [0.29, 0.717) is 0 Å². The Bertz CT molecular complexity index is 153. The summed E-state index contributed by atoms with van der Waals surface area (Å²) in [7, 11) is 0. The van der Waals surface area contributed by atoms with Crippen LogP contribution in [0.5, 0.6) is 0 Å². The fourth-order valence-electron chi connectivity index (χ4n) is 3.09. The maximum Gasteiger partial charge on any atom is -0.0443 e. The highest BCUT2D eigenvalue weighted by Gasteiger charge is 2.02. The number of hydrogen-bond acceptors (Lipinski definition) is 0. The van der Waals surface area contributed by atoms with Gasteiger partial charge >= 0.3 is 0 Å². The van der Waals surface area contributed by atoms with Gasteiger partial charge in [0.05, 0.1) is 0 Å². The topological polar surface area (TPSA) is 0 Å². The monoisotopic (exact) mass is 282 g/mol. The van der Waals surface area contributed by atoms with Crippen LogP contribution in [-0.2, 0) is 0 Å². The van der Waals surface area contributed by atoms with Crippen LogP contribution in [0.1, 0.15) is 118 Å². The normalized spacial score (nSPS) is 14.4. The molecular formula is C20H42. The lowest BCUT2D eigenvalue weighted by Crippen LogP contribution is -1.95. The summed E-state index contributed by atoms with van der Waals surface area (Å²) in [4.78, 5) is 0. The van der Waals surface area contributed by atoms with E-state index in [9.17, 15) is 0 Å². The summed E-state index contributed by atoms with van der Waals surface area (Å²) >= 11 is 0. The van der Waals surface area contributed by atoms with Gasteiger partial charge in [-0.25, -0.2) is 0 Å². The van der Waals surface area contributed by atoms with Crippen molar-refractivity contribution in [2.45, 2.75) is 118 Å². The first kappa shape index (κ1) is 20.0. The molecule has 0 N–H and O–H groups in total. The van der Waals surface area contributed by atoms with E-state index in [0.717, 1.165) is 11.8 Å². The molecule has 0 spiro atoms. The van der Waals surface area contributed by atoms with E-state index in [-0.39, 0.29) is 0 Å². The van der Waals surface area contributed by atoms with Gasteiger partial charge in [0.15, 0.2) is 0 Å². The Balaban J connectivity index is 3.16. The molecule has 2 unspecified atom stereocenters. The molecule has 0 aliphatic carbocycles. The minimum Gasteiger partial charge on any atom is -0.0654 e. The van der Waals surface area contributed by atoms with Gasteiger partial charge in [0, 0.05) is 0 Å². The number of rotatable bonds is 15. The molecule has 0 amide bonds. The molecule has 0 nitrogen and oxygen atoms in total. The largest absolute Gasteiger partial charge is 0.0654 e. The molecule has 0 saturated heterocycles. The SMILES string of the molecule is CCCCC(C)CCCCCCCCC(C)CCCC. The molecule has 0 aliphatic heterocycles. The molecule has 0 aliphatic rings. The van der Waals surface area contributed by atoms with E-state index in [1.807, 2.05) is 0 Å². The predicted molar refractivity (Wildman–Crippen MR) is 94.3 cm³/mol. The molecule has 0 saturated carbocycles. The van der Waals surface area contributed by atoms with Crippen LogP contribution >= 0.6 is 0 Å². The maximum atomic E-state index is 2.44. The third-order valence-electron chi connectivity index (χ3n) is 4.74. The van der Waals surface area contributed by atoms with Gasteiger partial charge in [0.2, 0.25) is 0 Å². The van der Waals surface area contributed by atoms with Gasteiger partial charge in [-0.15, -0.1) is 0 Å². The first-order valence-electron chi connectivity index (χ1n) is 9.70. The molecule has 122 valence electrons. The summed E-state index contributed by atoms with van der Waals surface area (Å²) in [5.74, 6) is 1.93. The van der Waals surface area contributed by atoms with Crippen LogP contribution in [0.2, 0.25) is 0 Å². The summed E-state index contributed by atoms with van der Waals surface area (Å²) < 4.78 is 0. The molecule has 0 bridgehead atoms. The molecule has 0 aromatic heterocycles. The second-order valence-corrected chi connectivity index (χ2v) is 7.19. The van der Waals surface area contributed by atoms with E-state index in [4.69, 9.17) is 0 Å².